The highest BCUT2D eigenvalue weighted by atomic mass is 16.4. The van der Waals surface area contributed by atoms with Gasteiger partial charge in [-0.3, -0.25) is 4.79 Å². The van der Waals surface area contributed by atoms with Gasteiger partial charge in [0.15, 0.2) is 0 Å². The maximum Gasteiger partial charge on any atom is 0.341 e. The van der Waals surface area contributed by atoms with Gasteiger partial charge in [-0.1, -0.05) is 13.0 Å². The van der Waals surface area contributed by atoms with E-state index < -0.39 is 11.4 Å². The number of benzene rings is 1. The molecule has 0 aliphatic heterocycles. The van der Waals surface area contributed by atoms with Gasteiger partial charge in [0.2, 0.25) is 5.43 Å². The molecule has 0 spiro atoms. The molecule has 2 aromatic rings. The van der Waals surface area contributed by atoms with Crippen LogP contribution in [0.2, 0.25) is 0 Å². The number of nitrogens with two attached hydrogens (primary N) is 1. The molecule has 1 heterocycles. The summed E-state index contributed by atoms with van der Waals surface area (Å²) in [7, 11) is 0. The van der Waals surface area contributed by atoms with Crippen LogP contribution in [0, 0.1) is 0 Å². The maximum atomic E-state index is 12.1. The number of aromatic nitrogens is 1. The highest BCUT2D eigenvalue weighted by Crippen LogP contribution is 2.18. The van der Waals surface area contributed by atoms with E-state index in [-0.39, 0.29) is 10.9 Å². The first kappa shape index (κ1) is 12.2. The third-order valence-corrected chi connectivity index (χ3v) is 2.84. The molecule has 0 unspecified atom stereocenters. The molecule has 0 amide bonds. The normalized spacial score (nSPS) is 10.7. The molecule has 0 aliphatic carbocycles. The van der Waals surface area contributed by atoms with Crippen molar-refractivity contribution in [1.82, 2.24) is 4.57 Å². The van der Waals surface area contributed by atoms with Crippen LogP contribution in [0.1, 0.15) is 23.7 Å². The van der Waals surface area contributed by atoms with Crippen molar-refractivity contribution >= 4 is 22.6 Å². The minimum Gasteiger partial charge on any atom is -0.477 e. The lowest BCUT2D eigenvalue weighted by molar-refractivity contribution is 0.0695. The molecule has 0 fully saturated rings. The van der Waals surface area contributed by atoms with Gasteiger partial charge in [0.25, 0.3) is 0 Å². The second-order valence-electron chi connectivity index (χ2n) is 4.11. The molecule has 5 heteroatoms. The zero-order valence-corrected chi connectivity index (χ0v) is 10.0. The molecule has 0 radical (unpaired) electrons. The third-order valence-electron chi connectivity index (χ3n) is 2.84. The van der Waals surface area contributed by atoms with E-state index in [0.717, 1.165) is 6.42 Å². The number of nitrogens with zero attached hydrogens (tertiary/aromatic N) is 1. The molecule has 2 rings (SSSR count). The Morgan fingerprint density at radius 1 is 1.44 bits per heavy atom. The van der Waals surface area contributed by atoms with Crippen molar-refractivity contribution < 1.29 is 9.90 Å². The molecule has 0 saturated heterocycles. The average molecular weight is 246 g/mol. The van der Waals surface area contributed by atoms with Gasteiger partial charge in [0.1, 0.15) is 5.56 Å². The van der Waals surface area contributed by atoms with Crippen LogP contribution in [-0.4, -0.2) is 15.6 Å². The lowest BCUT2D eigenvalue weighted by atomic mass is 10.1. The first-order chi connectivity index (χ1) is 8.56. The quantitative estimate of drug-likeness (QED) is 0.807. The van der Waals surface area contributed by atoms with E-state index in [1.165, 1.54) is 6.20 Å². The summed E-state index contributed by atoms with van der Waals surface area (Å²) in [6, 6.07) is 5.13. The Morgan fingerprint density at radius 2 is 2.17 bits per heavy atom. The van der Waals surface area contributed by atoms with Crippen LogP contribution in [0.25, 0.3) is 10.9 Å². The van der Waals surface area contributed by atoms with E-state index >= 15 is 0 Å². The number of fused-ring (bicyclic) bond motifs is 1. The summed E-state index contributed by atoms with van der Waals surface area (Å²) in [5.74, 6) is -1.23. The molecular weight excluding hydrogens is 232 g/mol. The summed E-state index contributed by atoms with van der Waals surface area (Å²) < 4.78 is 1.76. The number of hydrogen-bond donors (Lipinski definition) is 2. The van der Waals surface area contributed by atoms with Crippen LogP contribution in [0.5, 0.6) is 0 Å². The number of hydrogen-bond acceptors (Lipinski definition) is 3. The number of aromatic carboxylic acids is 1. The lowest BCUT2D eigenvalue weighted by Gasteiger charge is -2.12. The van der Waals surface area contributed by atoms with E-state index in [9.17, 15) is 9.59 Å². The molecule has 0 saturated carbocycles. The van der Waals surface area contributed by atoms with E-state index in [2.05, 4.69) is 0 Å². The summed E-state index contributed by atoms with van der Waals surface area (Å²) >= 11 is 0. The van der Waals surface area contributed by atoms with Crippen molar-refractivity contribution in [3.63, 3.8) is 0 Å². The van der Waals surface area contributed by atoms with Gasteiger partial charge in [-0.2, -0.15) is 0 Å². The van der Waals surface area contributed by atoms with Crippen LogP contribution in [0.15, 0.2) is 29.2 Å². The predicted molar refractivity (Wildman–Crippen MR) is 69.9 cm³/mol. The zero-order valence-electron chi connectivity index (χ0n) is 10.0. The molecule has 0 aliphatic rings. The van der Waals surface area contributed by atoms with Gasteiger partial charge >= 0.3 is 5.97 Å². The van der Waals surface area contributed by atoms with Crippen molar-refractivity contribution in [2.75, 3.05) is 5.73 Å². The first-order valence-corrected chi connectivity index (χ1v) is 5.71. The molecule has 1 aromatic heterocycles. The Kier molecular flexibility index (Phi) is 3.06. The van der Waals surface area contributed by atoms with Gasteiger partial charge in [-0.05, 0) is 18.6 Å². The number of aryl methyl sites for hydroxylation is 1. The van der Waals surface area contributed by atoms with Gasteiger partial charge in [-0.15, -0.1) is 0 Å². The minimum absolute atomic E-state index is 0.242. The Balaban J connectivity index is 2.93. The highest BCUT2D eigenvalue weighted by Gasteiger charge is 2.15. The van der Waals surface area contributed by atoms with Gasteiger partial charge < -0.3 is 15.4 Å². The molecular formula is C13H14N2O3. The van der Waals surface area contributed by atoms with Crippen LogP contribution >= 0.6 is 0 Å². The van der Waals surface area contributed by atoms with Crippen molar-refractivity contribution in [1.29, 1.82) is 0 Å². The summed E-state index contributed by atoms with van der Waals surface area (Å²) in [5, 5.41) is 9.34. The summed E-state index contributed by atoms with van der Waals surface area (Å²) in [6.07, 6.45) is 2.22. The molecule has 0 bridgehead atoms. The Morgan fingerprint density at radius 3 is 2.78 bits per heavy atom. The molecule has 0 atom stereocenters. The first-order valence-electron chi connectivity index (χ1n) is 5.71. The summed E-state index contributed by atoms with van der Waals surface area (Å²) in [6.45, 7) is 2.62. The average Bonchev–Trinajstić information content (AvgIpc) is 2.32. The van der Waals surface area contributed by atoms with Crippen LogP contribution in [0.4, 0.5) is 5.69 Å². The van der Waals surface area contributed by atoms with Gasteiger partial charge in [0, 0.05) is 18.4 Å². The monoisotopic (exact) mass is 246 g/mol. The van der Waals surface area contributed by atoms with Crippen LogP contribution in [-0.2, 0) is 6.54 Å². The number of carboxylic acid groups (broad SMARTS) is 1. The van der Waals surface area contributed by atoms with E-state index in [4.69, 9.17) is 10.8 Å². The molecule has 94 valence electrons. The van der Waals surface area contributed by atoms with Crippen molar-refractivity contribution in [3.8, 4) is 0 Å². The molecule has 5 nitrogen and oxygen atoms in total. The SMILES string of the molecule is CCCn1cc(C(=O)O)c(=O)c2c(N)cccc21. The largest absolute Gasteiger partial charge is 0.477 e. The van der Waals surface area contributed by atoms with Crippen molar-refractivity contribution in [3.05, 3.63) is 40.2 Å². The smallest absolute Gasteiger partial charge is 0.341 e. The second kappa shape index (κ2) is 4.52. The fourth-order valence-electron chi connectivity index (χ4n) is 2.04. The Hall–Kier alpha value is -2.30. The topological polar surface area (TPSA) is 85.3 Å². The minimum atomic E-state index is -1.23. The number of pyridine rings is 1. The predicted octanol–water partition coefficient (Wildman–Crippen LogP) is 1.69. The van der Waals surface area contributed by atoms with E-state index in [1.54, 1.807) is 22.8 Å². The third kappa shape index (κ3) is 1.84. The number of anilines is 1. The van der Waals surface area contributed by atoms with Crippen LogP contribution < -0.4 is 11.2 Å². The standard InChI is InChI=1S/C13H14N2O3/c1-2-6-15-7-8(13(17)18)12(16)11-9(14)4-3-5-10(11)15/h3-5,7H,2,6,14H2,1H3,(H,17,18). The number of carboxylic acids is 1. The molecule has 1 aromatic carbocycles. The Labute approximate surface area is 103 Å². The van der Waals surface area contributed by atoms with Crippen molar-refractivity contribution in [2.45, 2.75) is 19.9 Å². The Bertz CT molecular complexity index is 674. The van der Waals surface area contributed by atoms with E-state index in [1.807, 2.05) is 6.92 Å². The molecule has 3 N–H and O–H groups in total. The fourth-order valence-corrected chi connectivity index (χ4v) is 2.04. The van der Waals surface area contributed by atoms with E-state index in [0.29, 0.717) is 17.7 Å². The summed E-state index contributed by atoms with van der Waals surface area (Å²) in [5.41, 5.74) is 6.00. The number of rotatable bonds is 3. The fraction of sp³-hybridized carbons (Fsp3) is 0.231. The maximum absolute atomic E-state index is 12.1. The second-order valence-corrected chi connectivity index (χ2v) is 4.11. The number of nitrogen functional groups attached to an aromatic ring is 1. The number of carbonyl (C=O) groups is 1. The summed E-state index contributed by atoms with van der Waals surface area (Å²) in [4.78, 5) is 23.2. The zero-order chi connectivity index (χ0) is 13.3. The van der Waals surface area contributed by atoms with Gasteiger partial charge in [0.05, 0.1) is 10.9 Å². The van der Waals surface area contributed by atoms with Gasteiger partial charge in [-0.25, -0.2) is 4.79 Å². The van der Waals surface area contributed by atoms with Crippen molar-refractivity contribution in [2.24, 2.45) is 0 Å². The molecule has 18 heavy (non-hydrogen) atoms. The van der Waals surface area contributed by atoms with Crippen LogP contribution in [0.3, 0.4) is 0 Å². The highest BCUT2D eigenvalue weighted by molar-refractivity contribution is 5.97. The lowest BCUT2D eigenvalue weighted by Crippen LogP contribution is -2.19.